The number of amides is 2. The monoisotopic (exact) mass is 440 g/mol. The quantitative estimate of drug-likeness (QED) is 0.380. The van der Waals surface area contributed by atoms with Gasteiger partial charge in [-0.05, 0) is 53.8 Å². The molecule has 0 radical (unpaired) electrons. The summed E-state index contributed by atoms with van der Waals surface area (Å²) < 4.78 is 0. The Morgan fingerprint density at radius 3 is 2.27 bits per heavy atom. The lowest BCUT2D eigenvalue weighted by Crippen LogP contribution is -2.46. The van der Waals surface area contributed by atoms with Gasteiger partial charge in [-0.3, -0.25) is 9.59 Å². The van der Waals surface area contributed by atoms with E-state index >= 15 is 0 Å². The number of nitrogens with one attached hydrogen (secondary N) is 3. The number of hydrogen-bond donors (Lipinski definition) is 3. The Balaban J connectivity index is 1.54. The van der Waals surface area contributed by atoms with Gasteiger partial charge in [-0.25, -0.2) is 4.98 Å². The topological polar surface area (TPSA) is 86.9 Å². The predicted octanol–water partition coefficient (Wildman–Crippen LogP) is 5.30. The lowest BCUT2D eigenvalue weighted by atomic mass is 10.0. The SMILES string of the molecule is CC(=O)N[C@H](C(=O)Nc1ccc(-c2cccc(-c3nc4c(C)cccc4[nH]3)c2)cc1)C(C)C. The maximum Gasteiger partial charge on any atom is 0.247 e. The van der Waals surface area contributed by atoms with Crippen molar-refractivity contribution in [2.75, 3.05) is 5.32 Å². The second kappa shape index (κ2) is 9.28. The Kier molecular flexibility index (Phi) is 6.27. The number of nitrogens with zero attached hydrogens (tertiary/aromatic N) is 1. The number of fused-ring (bicyclic) bond motifs is 1. The molecule has 0 saturated heterocycles. The molecule has 3 N–H and O–H groups in total. The van der Waals surface area contributed by atoms with E-state index in [0.29, 0.717) is 5.69 Å². The van der Waals surface area contributed by atoms with E-state index in [2.05, 4.69) is 40.7 Å². The normalized spacial score (nSPS) is 12.0. The third-order valence-electron chi connectivity index (χ3n) is 5.64. The van der Waals surface area contributed by atoms with E-state index in [1.807, 2.05) is 62.4 Å². The molecule has 6 nitrogen and oxygen atoms in total. The predicted molar refractivity (Wildman–Crippen MR) is 133 cm³/mol. The molecule has 0 aliphatic rings. The van der Waals surface area contributed by atoms with Crippen molar-refractivity contribution >= 4 is 28.5 Å². The molecule has 4 aromatic rings. The summed E-state index contributed by atoms with van der Waals surface area (Å²) in [5.74, 6) is 0.370. The highest BCUT2D eigenvalue weighted by Crippen LogP contribution is 2.28. The summed E-state index contributed by atoms with van der Waals surface area (Å²) in [6, 6.07) is 21.4. The third kappa shape index (κ3) is 4.95. The van der Waals surface area contributed by atoms with Crippen LogP contribution in [-0.2, 0) is 9.59 Å². The highest BCUT2D eigenvalue weighted by molar-refractivity contribution is 5.97. The molecule has 0 aliphatic heterocycles. The van der Waals surface area contributed by atoms with Crippen LogP contribution in [0.5, 0.6) is 0 Å². The molecule has 0 saturated carbocycles. The van der Waals surface area contributed by atoms with Crippen LogP contribution in [0.25, 0.3) is 33.5 Å². The molecule has 33 heavy (non-hydrogen) atoms. The highest BCUT2D eigenvalue weighted by Gasteiger charge is 2.23. The standard InChI is InChI=1S/C27H28N4O2/c1-16(2)24(28-18(4)32)27(33)29-22-13-11-19(12-14-22)20-8-6-9-21(15-20)26-30-23-10-5-7-17(3)25(23)31-26/h5-16,24H,1-4H3,(H,28,32)(H,29,33)(H,30,31)/t24-/m0/s1. The first-order valence-corrected chi connectivity index (χ1v) is 11.1. The summed E-state index contributed by atoms with van der Waals surface area (Å²) in [5, 5.41) is 5.61. The molecular weight excluding hydrogens is 412 g/mol. The Bertz CT molecular complexity index is 1310. The fourth-order valence-corrected chi connectivity index (χ4v) is 3.88. The molecule has 1 atom stereocenters. The Morgan fingerprint density at radius 1 is 0.909 bits per heavy atom. The van der Waals surface area contributed by atoms with Crippen molar-refractivity contribution in [1.29, 1.82) is 0 Å². The van der Waals surface area contributed by atoms with Crippen LogP contribution < -0.4 is 10.6 Å². The van der Waals surface area contributed by atoms with Gasteiger partial charge in [-0.1, -0.05) is 56.3 Å². The molecule has 0 aliphatic carbocycles. The molecule has 4 rings (SSSR count). The van der Waals surface area contributed by atoms with Crippen molar-refractivity contribution in [3.8, 4) is 22.5 Å². The number of rotatable bonds is 6. The molecule has 168 valence electrons. The van der Waals surface area contributed by atoms with Crippen LogP contribution in [0.15, 0.2) is 66.7 Å². The first-order chi connectivity index (χ1) is 15.8. The molecule has 0 unspecified atom stereocenters. The van der Waals surface area contributed by atoms with Gasteiger partial charge >= 0.3 is 0 Å². The summed E-state index contributed by atoms with van der Waals surface area (Å²) in [6.45, 7) is 7.28. The van der Waals surface area contributed by atoms with E-state index < -0.39 is 6.04 Å². The van der Waals surface area contributed by atoms with E-state index in [9.17, 15) is 9.59 Å². The maximum atomic E-state index is 12.6. The lowest BCUT2D eigenvalue weighted by molar-refractivity contribution is -0.126. The summed E-state index contributed by atoms with van der Waals surface area (Å²) >= 11 is 0. The van der Waals surface area contributed by atoms with Crippen LogP contribution in [0.1, 0.15) is 26.3 Å². The molecule has 0 spiro atoms. The van der Waals surface area contributed by atoms with E-state index in [4.69, 9.17) is 4.98 Å². The third-order valence-corrected chi connectivity index (χ3v) is 5.64. The van der Waals surface area contributed by atoms with E-state index in [1.165, 1.54) is 6.92 Å². The number of anilines is 1. The van der Waals surface area contributed by atoms with Crippen molar-refractivity contribution in [3.05, 3.63) is 72.3 Å². The van der Waals surface area contributed by atoms with Crippen molar-refractivity contribution in [2.45, 2.75) is 33.7 Å². The number of H-pyrrole nitrogens is 1. The highest BCUT2D eigenvalue weighted by atomic mass is 16.2. The van der Waals surface area contributed by atoms with Gasteiger partial charge < -0.3 is 15.6 Å². The lowest BCUT2D eigenvalue weighted by Gasteiger charge is -2.21. The second-order valence-corrected chi connectivity index (χ2v) is 8.63. The summed E-state index contributed by atoms with van der Waals surface area (Å²) in [5.41, 5.74) is 6.93. The molecule has 1 heterocycles. The van der Waals surface area contributed by atoms with Crippen molar-refractivity contribution < 1.29 is 9.59 Å². The van der Waals surface area contributed by atoms with Gasteiger partial charge in [0.1, 0.15) is 11.9 Å². The number of aromatic amines is 1. The van der Waals surface area contributed by atoms with Gasteiger partial charge in [-0.15, -0.1) is 0 Å². The molecule has 2 amide bonds. The Morgan fingerprint density at radius 2 is 1.61 bits per heavy atom. The molecule has 3 aromatic carbocycles. The van der Waals surface area contributed by atoms with E-state index in [0.717, 1.165) is 39.1 Å². The first kappa shape index (κ1) is 22.3. The van der Waals surface area contributed by atoms with Crippen molar-refractivity contribution in [1.82, 2.24) is 15.3 Å². The van der Waals surface area contributed by atoms with Gasteiger partial charge in [0, 0.05) is 18.2 Å². The average Bonchev–Trinajstić information content (AvgIpc) is 3.24. The van der Waals surface area contributed by atoms with Crippen LogP contribution in [0.3, 0.4) is 0 Å². The zero-order chi connectivity index (χ0) is 23.5. The first-order valence-electron chi connectivity index (χ1n) is 11.1. The minimum absolute atomic E-state index is 0.0158. The van der Waals surface area contributed by atoms with Gasteiger partial charge in [0.2, 0.25) is 11.8 Å². The van der Waals surface area contributed by atoms with Gasteiger partial charge in [0.25, 0.3) is 0 Å². The number of benzene rings is 3. The van der Waals surface area contributed by atoms with Gasteiger partial charge in [-0.2, -0.15) is 0 Å². The number of carbonyl (C=O) groups excluding carboxylic acids is 2. The van der Waals surface area contributed by atoms with Crippen molar-refractivity contribution in [2.24, 2.45) is 5.92 Å². The fourth-order valence-electron chi connectivity index (χ4n) is 3.88. The number of aromatic nitrogens is 2. The molecule has 0 bridgehead atoms. The molecule has 1 aromatic heterocycles. The average molecular weight is 441 g/mol. The van der Waals surface area contributed by atoms with Crippen LogP contribution in [0.4, 0.5) is 5.69 Å². The largest absolute Gasteiger partial charge is 0.344 e. The van der Waals surface area contributed by atoms with E-state index in [-0.39, 0.29) is 17.7 Å². The minimum Gasteiger partial charge on any atom is -0.344 e. The number of aryl methyl sites for hydroxylation is 1. The Labute approximate surface area is 193 Å². The number of carbonyl (C=O) groups is 2. The summed E-state index contributed by atoms with van der Waals surface area (Å²) in [6.07, 6.45) is 0. The summed E-state index contributed by atoms with van der Waals surface area (Å²) in [4.78, 5) is 32.2. The maximum absolute atomic E-state index is 12.6. The molecule has 6 heteroatoms. The van der Waals surface area contributed by atoms with Gasteiger partial charge in [0.05, 0.1) is 11.0 Å². The van der Waals surface area contributed by atoms with Crippen molar-refractivity contribution in [3.63, 3.8) is 0 Å². The number of para-hydroxylation sites is 1. The number of hydrogen-bond acceptors (Lipinski definition) is 3. The molecule has 0 fully saturated rings. The zero-order valence-corrected chi connectivity index (χ0v) is 19.3. The smallest absolute Gasteiger partial charge is 0.247 e. The van der Waals surface area contributed by atoms with Crippen LogP contribution in [0, 0.1) is 12.8 Å². The summed E-state index contributed by atoms with van der Waals surface area (Å²) in [7, 11) is 0. The zero-order valence-electron chi connectivity index (χ0n) is 19.3. The molecular formula is C27H28N4O2. The van der Waals surface area contributed by atoms with Crippen LogP contribution in [-0.4, -0.2) is 27.8 Å². The number of imidazole rings is 1. The van der Waals surface area contributed by atoms with Gasteiger partial charge in [0.15, 0.2) is 0 Å². The minimum atomic E-state index is -0.577. The van der Waals surface area contributed by atoms with Crippen LogP contribution >= 0.6 is 0 Å². The Hall–Kier alpha value is -3.93. The van der Waals surface area contributed by atoms with Crippen LogP contribution in [0.2, 0.25) is 0 Å². The fraction of sp³-hybridized carbons (Fsp3) is 0.222. The second-order valence-electron chi connectivity index (χ2n) is 8.63. The van der Waals surface area contributed by atoms with E-state index in [1.54, 1.807) is 0 Å².